The number of esters is 1. The van der Waals surface area contributed by atoms with Crippen molar-refractivity contribution in [2.75, 3.05) is 19.5 Å². The fourth-order valence-corrected chi connectivity index (χ4v) is 1.63. The molecule has 0 saturated heterocycles. The first-order valence-corrected chi connectivity index (χ1v) is 5.70. The minimum Gasteiger partial charge on any atom is -0.495 e. The van der Waals surface area contributed by atoms with Gasteiger partial charge in [0.05, 0.1) is 19.9 Å². The normalized spacial score (nSPS) is 11.7. The third-order valence-electron chi connectivity index (χ3n) is 2.50. The van der Waals surface area contributed by atoms with E-state index in [9.17, 15) is 4.79 Å². The second-order valence-corrected chi connectivity index (χ2v) is 3.71. The Morgan fingerprint density at radius 2 is 2.06 bits per heavy atom. The van der Waals surface area contributed by atoms with E-state index in [1.807, 2.05) is 31.2 Å². The maximum absolute atomic E-state index is 11.6. The van der Waals surface area contributed by atoms with Gasteiger partial charge in [0.2, 0.25) is 0 Å². The SMILES string of the molecule is CCCC(Nc1ccccc1OC)C(=O)OC. The molecule has 0 fully saturated rings. The molecule has 1 atom stereocenters. The van der Waals surface area contributed by atoms with Crippen LogP contribution in [0.1, 0.15) is 19.8 Å². The molecular weight excluding hydrogens is 218 g/mol. The van der Waals surface area contributed by atoms with Crippen LogP contribution in [0.25, 0.3) is 0 Å². The maximum Gasteiger partial charge on any atom is 0.328 e. The largest absolute Gasteiger partial charge is 0.495 e. The molecule has 0 aromatic heterocycles. The topological polar surface area (TPSA) is 47.6 Å². The summed E-state index contributed by atoms with van der Waals surface area (Å²) in [6, 6.07) is 7.18. The molecule has 94 valence electrons. The maximum atomic E-state index is 11.6. The molecule has 0 amide bonds. The number of carbonyl (C=O) groups excluding carboxylic acids is 1. The number of anilines is 1. The van der Waals surface area contributed by atoms with E-state index < -0.39 is 0 Å². The van der Waals surface area contributed by atoms with Gasteiger partial charge in [-0.2, -0.15) is 0 Å². The summed E-state index contributed by atoms with van der Waals surface area (Å²) in [4.78, 5) is 11.6. The molecule has 4 heteroatoms. The van der Waals surface area contributed by atoms with Gasteiger partial charge in [0.1, 0.15) is 11.8 Å². The van der Waals surface area contributed by atoms with Gasteiger partial charge in [-0.15, -0.1) is 0 Å². The predicted octanol–water partition coefficient (Wildman–Crippen LogP) is 2.45. The van der Waals surface area contributed by atoms with E-state index in [0.29, 0.717) is 0 Å². The van der Waals surface area contributed by atoms with Crippen molar-refractivity contribution in [2.45, 2.75) is 25.8 Å². The Balaban J connectivity index is 2.81. The second kappa shape index (κ2) is 6.78. The Labute approximate surface area is 102 Å². The molecule has 1 aromatic carbocycles. The molecule has 1 unspecified atom stereocenters. The third-order valence-corrected chi connectivity index (χ3v) is 2.50. The Hall–Kier alpha value is -1.71. The van der Waals surface area contributed by atoms with Gasteiger partial charge in [-0.05, 0) is 18.6 Å². The Bertz CT molecular complexity index is 365. The van der Waals surface area contributed by atoms with E-state index in [1.165, 1.54) is 7.11 Å². The quantitative estimate of drug-likeness (QED) is 0.772. The van der Waals surface area contributed by atoms with Crippen molar-refractivity contribution >= 4 is 11.7 Å². The highest BCUT2D eigenvalue weighted by molar-refractivity contribution is 5.80. The summed E-state index contributed by atoms with van der Waals surface area (Å²) in [5.41, 5.74) is 0.804. The number of methoxy groups -OCH3 is 2. The third kappa shape index (κ3) is 3.66. The van der Waals surface area contributed by atoms with Gasteiger partial charge in [-0.25, -0.2) is 4.79 Å². The van der Waals surface area contributed by atoms with Crippen molar-refractivity contribution in [3.05, 3.63) is 24.3 Å². The summed E-state index contributed by atoms with van der Waals surface area (Å²) < 4.78 is 9.99. The zero-order chi connectivity index (χ0) is 12.7. The number of para-hydroxylation sites is 2. The van der Waals surface area contributed by atoms with E-state index in [0.717, 1.165) is 24.3 Å². The molecule has 1 aromatic rings. The smallest absolute Gasteiger partial charge is 0.328 e. The Morgan fingerprint density at radius 3 is 2.65 bits per heavy atom. The lowest BCUT2D eigenvalue weighted by atomic mass is 10.1. The molecule has 0 aliphatic rings. The fourth-order valence-electron chi connectivity index (χ4n) is 1.63. The molecule has 0 aliphatic carbocycles. The van der Waals surface area contributed by atoms with Crippen LogP contribution in [0, 0.1) is 0 Å². The first-order chi connectivity index (χ1) is 8.22. The van der Waals surface area contributed by atoms with Gasteiger partial charge >= 0.3 is 5.97 Å². The summed E-state index contributed by atoms with van der Waals surface area (Å²) in [6.45, 7) is 2.03. The van der Waals surface area contributed by atoms with Crippen molar-refractivity contribution in [2.24, 2.45) is 0 Å². The molecule has 0 radical (unpaired) electrons. The van der Waals surface area contributed by atoms with Gasteiger partial charge in [0.15, 0.2) is 0 Å². The Kier molecular flexibility index (Phi) is 5.33. The van der Waals surface area contributed by atoms with E-state index in [1.54, 1.807) is 7.11 Å². The van der Waals surface area contributed by atoms with Crippen LogP contribution in [0.3, 0.4) is 0 Å². The van der Waals surface area contributed by atoms with Gasteiger partial charge in [-0.3, -0.25) is 0 Å². The summed E-state index contributed by atoms with van der Waals surface area (Å²) >= 11 is 0. The molecule has 17 heavy (non-hydrogen) atoms. The summed E-state index contributed by atoms with van der Waals surface area (Å²) in [5.74, 6) is 0.468. The molecule has 1 N–H and O–H groups in total. The zero-order valence-corrected chi connectivity index (χ0v) is 10.5. The van der Waals surface area contributed by atoms with Crippen molar-refractivity contribution in [3.8, 4) is 5.75 Å². The first-order valence-electron chi connectivity index (χ1n) is 5.70. The number of benzene rings is 1. The average Bonchev–Trinajstić information content (AvgIpc) is 2.38. The highest BCUT2D eigenvalue weighted by atomic mass is 16.5. The predicted molar refractivity (Wildman–Crippen MR) is 67.3 cm³/mol. The number of carbonyl (C=O) groups is 1. The number of hydrogen-bond donors (Lipinski definition) is 1. The fraction of sp³-hybridized carbons (Fsp3) is 0.462. The monoisotopic (exact) mass is 237 g/mol. The van der Waals surface area contributed by atoms with Crippen LogP contribution in [0.5, 0.6) is 5.75 Å². The van der Waals surface area contributed by atoms with Crippen LogP contribution < -0.4 is 10.1 Å². The molecule has 0 spiro atoms. The Morgan fingerprint density at radius 1 is 1.35 bits per heavy atom. The minimum absolute atomic E-state index is 0.252. The van der Waals surface area contributed by atoms with Crippen molar-refractivity contribution < 1.29 is 14.3 Å². The summed E-state index contributed by atoms with van der Waals surface area (Å²) in [7, 11) is 3.00. The van der Waals surface area contributed by atoms with E-state index >= 15 is 0 Å². The zero-order valence-electron chi connectivity index (χ0n) is 10.5. The van der Waals surface area contributed by atoms with Gasteiger partial charge in [0.25, 0.3) is 0 Å². The summed E-state index contributed by atoms with van der Waals surface area (Å²) in [5, 5.41) is 3.15. The van der Waals surface area contributed by atoms with Gasteiger partial charge in [0, 0.05) is 0 Å². The first kappa shape index (κ1) is 13.4. The van der Waals surface area contributed by atoms with Crippen LogP contribution in [-0.4, -0.2) is 26.2 Å². The average molecular weight is 237 g/mol. The van der Waals surface area contributed by atoms with Crippen molar-refractivity contribution in [3.63, 3.8) is 0 Å². The van der Waals surface area contributed by atoms with Gasteiger partial charge < -0.3 is 14.8 Å². The van der Waals surface area contributed by atoms with E-state index in [4.69, 9.17) is 9.47 Å². The molecule has 0 aliphatic heterocycles. The lowest BCUT2D eigenvalue weighted by Crippen LogP contribution is -2.30. The highest BCUT2D eigenvalue weighted by Gasteiger charge is 2.18. The van der Waals surface area contributed by atoms with Crippen LogP contribution in [0.15, 0.2) is 24.3 Å². The van der Waals surface area contributed by atoms with E-state index in [-0.39, 0.29) is 12.0 Å². The van der Waals surface area contributed by atoms with Crippen LogP contribution >= 0.6 is 0 Å². The molecule has 4 nitrogen and oxygen atoms in total. The summed E-state index contributed by atoms with van der Waals surface area (Å²) in [6.07, 6.45) is 1.63. The highest BCUT2D eigenvalue weighted by Crippen LogP contribution is 2.24. The van der Waals surface area contributed by atoms with Crippen LogP contribution in [0.2, 0.25) is 0 Å². The number of ether oxygens (including phenoxy) is 2. The number of hydrogen-bond acceptors (Lipinski definition) is 4. The number of rotatable bonds is 6. The van der Waals surface area contributed by atoms with Gasteiger partial charge in [-0.1, -0.05) is 25.5 Å². The molecule has 0 saturated carbocycles. The van der Waals surface area contributed by atoms with Crippen LogP contribution in [0.4, 0.5) is 5.69 Å². The number of nitrogens with one attached hydrogen (secondary N) is 1. The van der Waals surface area contributed by atoms with E-state index in [2.05, 4.69) is 5.32 Å². The minimum atomic E-state index is -0.332. The molecule has 1 rings (SSSR count). The molecule has 0 bridgehead atoms. The standard InChI is InChI=1S/C13H19NO3/c1-4-7-11(13(15)17-3)14-10-8-5-6-9-12(10)16-2/h5-6,8-9,11,14H,4,7H2,1-3H3. The lowest BCUT2D eigenvalue weighted by molar-refractivity contribution is -0.141. The molecular formula is C13H19NO3. The lowest BCUT2D eigenvalue weighted by Gasteiger charge is -2.18. The van der Waals surface area contributed by atoms with Crippen LogP contribution in [-0.2, 0) is 9.53 Å². The second-order valence-electron chi connectivity index (χ2n) is 3.71. The van der Waals surface area contributed by atoms with Crippen molar-refractivity contribution in [1.82, 2.24) is 0 Å². The molecule has 0 heterocycles. The van der Waals surface area contributed by atoms with Crippen molar-refractivity contribution in [1.29, 1.82) is 0 Å².